The smallest absolute Gasteiger partial charge is 0.261 e. The number of hydrogen-bond donors (Lipinski definition) is 0. The van der Waals surface area contributed by atoms with Gasteiger partial charge in [-0.3, -0.25) is 0 Å². The molecule has 7 nitrogen and oxygen atoms in total. The van der Waals surface area contributed by atoms with Gasteiger partial charge in [0.05, 0.1) is 24.1 Å². The Morgan fingerprint density at radius 2 is 2.03 bits per heavy atom. The SMILES string of the molecule is COc1noc2c(C)cc(/C(=C\CCc3nnc(C)o3)c3cccc(C#N)c3)cc12. The maximum atomic E-state index is 9.33. The van der Waals surface area contributed by atoms with Crippen molar-refractivity contribution in [3.05, 3.63) is 76.5 Å². The number of aryl methyl sites for hydroxylation is 3. The average Bonchev–Trinajstić information content (AvgIpc) is 3.37. The Kier molecular flexibility index (Phi) is 5.31. The molecule has 2 heterocycles. The van der Waals surface area contributed by atoms with E-state index in [0.29, 0.717) is 41.6 Å². The molecule has 2 aromatic carbocycles. The number of fused-ring (bicyclic) bond motifs is 1. The van der Waals surface area contributed by atoms with Gasteiger partial charge in [0.1, 0.15) is 0 Å². The van der Waals surface area contributed by atoms with Gasteiger partial charge in [0.15, 0.2) is 5.58 Å². The van der Waals surface area contributed by atoms with Gasteiger partial charge in [0.2, 0.25) is 11.8 Å². The fourth-order valence-electron chi connectivity index (χ4n) is 3.43. The zero-order valence-corrected chi connectivity index (χ0v) is 17.0. The minimum atomic E-state index is 0.446. The predicted molar refractivity (Wildman–Crippen MR) is 111 cm³/mol. The molecule has 4 rings (SSSR count). The highest BCUT2D eigenvalue weighted by Crippen LogP contribution is 2.33. The van der Waals surface area contributed by atoms with E-state index >= 15 is 0 Å². The topological polar surface area (TPSA) is 98.0 Å². The summed E-state index contributed by atoms with van der Waals surface area (Å²) in [7, 11) is 1.57. The van der Waals surface area contributed by atoms with Gasteiger partial charge in [-0.2, -0.15) is 5.26 Å². The second-order valence-electron chi connectivity index (χ2n) is 6.93. The van der Waals surface area contributed by atoms with Gasteiger partial charge >= 0.3 is 0 Å². The lowest BCUT2D eigenvalue weighted by Crippen LogP contribution is -1.93. The molecule has 0 atom stereocenters. The molecule has 150 valence electrons. The van der Waals surface area contributed by atoms with E-state index in [9.17, 15) is 5.26 Å². The zero-order valence-electron chi connectivity index (χ0n) is 17.0. The van der Waals surface area contributed by atoms with E-state index in [0.717, 1.165) is 27.6 Å². The molecule has 30 heavy (non-hydrogen) atoms. The molecular weight excluding hydrogens is 380 g/mol. The Hall–Kier alpha value is -3.92. The van der Waals surface area contributed by atoms with Gasteiger partial charge in [0, 0.05) is 13.3 Å². The number of allylic oxidation sites excluding steroid dienone is 1. The van der Waals surface area contributed by atoms with Crippen LogP contribution in [0.4, 0.5) is 0 Å². The maximum Gasteiger partial charge on any atom is 0.261 e. The summed E-state index contributed by atoms with van der Waals surface area (Å²) >= 11 is 0. The minimum absolute atomic E-state index is 0.446. The number of nitriles is 1. The largest absolute Gasteiger partial charge is 0.478 e. The van der Waals surface area contributed by atoms with Crippen molar-refractivity contribution >= 4 is 16.5 Å². The van der Waals surface area contributed by atoms with Crippen molar-refractivity contribution in [2.75, 3.05) is 7.11 Å². The summed E-state index contributed by atoms with van der Waals surface area (Å²) < 4.78 is 16.2. The van der Waals surface area contributed by atoms with Crippen LogP contribution in [0.5, 0.6) is 5.88 Å². The molecule has 0 spiro atoms. The molecule has 0 N–H and O–H groups in total. The first-order valence-corrected chi connectivity index (χ1v) is 9.53. The molecule has 0 aliphatic rings. The standard InChI is InChI=1S/C23H20N4O3/c1-14-10-18(12-20-22(14)30-27-23(20)28-3)19(17-7-4-6-16(11-17)13-24)8-5-9-21-26-25-15(2)29-21/h4,6-8,10-12H,5,9H2,1-3H3/b19-8-. The molecule has 2 aromatic heterocycles. The van der Waals surface area contributed by atoms with Gasteiger partial charge in [-0.25, -0.2) is 0 Å². The van der Waals surface area contributed by atoms with Crippen LogP contribution in [0.2, 0.25) is 0 Å². The molecule has 0 bridgehead atoms. The summed E-state index contributed by atoms with van der Waals surface area (Å²) in [5.41, 5.74) is 5.18. The number of ether oxygens (including phenoxy) is 1. The van der Waals surface area contributed by atoms with Crippen molar-refractivity contribution in [2.45, 2.75) is 26.7 Å². The summed E-state index contributed by atoms with van der Waals surface area (Å²) in [6, 6.07) is 13.8. The highest BCUT2D eigenvalue weighted by molar-refractivity contribution is 5.91. The molecule has 0 aliphatic heterocycles. The first-order valence-electron chi connectivity index (χ1n) is 9.53. The van der Waals surface area contributed by atoms with Gasteiger partial charge in [-0.15, -0.1) is 10.2 Å². The van der Waals surface area contributed by atoms with Crippen molar-refractivity contribution in [3.63, 3.8) is 0 Å². The minimum Gasteiger partial charge on any atom is -0.478 e. The third-order valence-electron chi connectivity index (χ3n) is 4.81. The highest BCUT2D eigenvalue weighted by atomic mass is 16.5. The third-order valence-corrected chi connectivity index (χ3v) is 4.81. The van der Waals surface area contributed by atoms with Crippen molar-refractivity contribution < 1.29 is 13.7 Å². The van der Waals surface area contributed by atoms with E-state index in [4.69, 9.17) is 13.7 Å². The van der Waals surface area contributed by atoms with Gasteiger partial charge in [-0.05, 0) is 65.0 Å². The van der Waals surface area contributed by atoms with Crippen molar-refractivity contribution in [1.29, 1.82) is 5.26 Å². The monoisotopic (exact) mass is 400 g/mol. The number of nitrogens with zero attached hydrogens (tertiary/aromatic N) is 4. The second kappa shape index (κ2) is 8.21. The number of aromatic nitrogens is 3. The first kappa shape index (κ1) is 19.4. The lowest BCUT2D eigenvalue weighted by atomic mass is 9.93. The quantitative estimate of drug-likeness (QED) is 0.459. The van der Waals surface area contributed by atoms with E-state index in [1.165, 1.54) is 0 Å². The summed E-state index contributed by atoms with van der Waals surface area (Å²) in [5, 5.41) is 22.1. The van der Waals surface area contributed by atoms with Crippen molar-refractivity contribution in [3.8, 4) is 11.9 Å². The predicted octanol–water partition coefficient (Wildman–Crippen LogP) is 4.77. The summed E-state index contributed by atoms with van der Waals surface area (Å²) in [6.07, 6.45) is 3.45. The van der Waals surface area contributed by atoms with Gasteiger partial charge < -0.3 is 13.7 Å². The van der Waals surface area contributed by atoms with Crippen molar-refractivity contribution in [2.24, 2.45) is 0 Å². The van der Waals surface area contributed by atoms with Crippen LogP contribution in [0.15, 0.2) is 51.4 Å². The number of rotatable bonds is 6. The highest BCUT2D eigenvalue weighted by Gasteiger charge is 2.15. The molecule has 0 fully saturated rings. The molecule has 0 saturated heterocycles. The fourth-order valence-corrected chi connectivity index (χ4v) is 3.43. The normalized spacial score (nSPS) is 11.6. The molecule has 7 heteroatoms. The second-order valence-corrected chi connectivity index (χ2v) is 6.93. The summed E-state index contributed by atoms with van der Waals surface area (Å²) in [5.74, 6) is 1.60. The van der Waals surface area contributed by atoms with Crippen molar-refractivity contribution in [1.82, 2.24) is 15.4 Å². The number of methoxy groups -OCH3 is 1. The number of benzene rings is 2. The fraction of sp³-hybridized carbons (Fsp3) is 0.217. The molecule has 0 aliphatic carbocycles. The van der Waals surface area contributed by atoms with Crippen LogP contribution in [0.25, 0.3) is 16.5 Å². The van der Waals surface area contributed by atoms with Crippen LogP contribution in [-0.4, -0.2) is 22.5 Å². The Bertz CT molecular complexity index is 1280. The molecule has 0 amide bonds. The molecule has 0 radical (unpaired) electrons. The van der Waals surface area contributed by atoms with Gasteiger partial charge in [0.25, 0.3) is 5.88 Å². The molecule has 0 unspecified atom stereocenters. The lowest BCUT2D eigenvalue weighted by molar-refractivity contribution is 0.350. The maximum absolute atomic E-state index is 9.33. The van der Waals surface area contributed by atoms with E-state index in [1.54, 1.807) is 20.1 Å². The van der Waals surface area contributed by atoms with Crippen LogP contribution >= 0.6 is 0 Å². The van der Waals surface area contributed by atoms with Gasteiger partial charge in [-0.1, -0.05) is 18.2 Å². The molecule has 0 saturated carbocycles. The third kappa shape index (κ3) is 3.80. The van der Waals surface area contributed by atoms with Crippen LogP contribution in [-0.2, 0) is 6.42 Å². The van der Waals surface area contributed by atoms with E-state index in [1.807, 2.05) is 31.2 Å². The molecular formula is C23H20N4O3. The van der Waals surface area contributed by atoms with Crippen LogP contribution in [0.1, 0.15) is 40.5 Å². The first-order chi connectivity index (χ1) is 14.6. The van der Waals surface area contributed by atoms with E-state index in [-0.39, 0.29) is 0 Å². The zero-order chi connectivity index (χ0) is 21.1. The average molecular weight is 400 g/mol. The Balaban J connectivity index is 1.79. The summed E-state index contributed by atoms with van der Waals surface area (Å²) in [4.78, 5) is 0. The molecule has 4 aromatic rings. The van der Waals surface area contributed by atoms with E-state index in [2.05, 4.69) is 33.6 Å². The summed E-state index contributed by atoms with van der Waals surface area (Å²) in [6.45, 7) is 3.75. The lowest BCUT2D eigenvalue weighted by Gasteiger charge is -2.11. The van der Waals surface area contributed by atoms with Crippen LogP contribution in [0.3, 0.4) is 0 Å². The van der Waals surface area contributed by atoms with E-state index < -0.39 is 0 Å². The van der Waals surface area contributed by atoms with Crippen LogP contribution < -0.4 is 4.74 Å². The Morgan fingerprint density at radius 1 is 1.17 bits per heavy atom. The Morgan fingerprint density at radius 3 is 2.77 bits per heavy atom. The Labute approximate surface area is 173 Å². The van der Waals surface area contributed by atoms with Crippen LogP contribution in [0, 0.1) is 25.2 Å². The number of hydrogen-bond acceptors (Lipinski definition) is 7.